The number of aromatic nitrogens is 2. The molecule has 0 radical (unpaired) electrons. The van der Waals surface area contributed by atoms with Gasteiger partial charge in [-0.3, -0.25) is 4.79 Å². The maximum atomic E-state index is 12.0. The first kappa shape index (κ1) is 12.6. The van der Waals surface area contributed by atoms with Crippen molar-refractivity contribution in [3.05, 3.63) is 47.8 Å². The lowest BCUT2D eigenvalue weighted by molar-refractivity contribution is 0.102. The molecule has 4 nitrogen and oxygen atoms in total. The van der Waals surface area contributed by atoms with Crippen LogP contribution >= 0.6 is 11.8 Å². The van der Waals surface area contributed by atoms with E-state index in [1.165, 1.54) is 24.2 Å². The van der Waals surface area contributed by atoms with Crippen molar-refractivity contribution in [2.75, 3.05) is 11.6 Å². The predicted octanol–water partition coefficient (Wildman–Crippen LogP) is 2.76. The van der Waals surface area contributed by atoms with Crippen LogP contribution in [0.3, 0.4) is 0 Å². The third kappa shape index (κ3) is 2.87. The second kappa shape index (κ2) is 5.64. The SMILES string of the molecule is CSc1ncc(C(=O)Nc2ccccc2C)cn1. The van der Waals surface area contributed by atoms with E-state index in [1.54, 1.807) is 0 Å². The van der Waals surface area contributed by atoms with Crippen molar-refractivity contribution in [1.29, 1.82) is 0 Å². The van der Waals surface area contributed by atoms with Crippen molar-refractivity contribution in [1.82, 2.24) is 9.97 Å². The lowest BCUT2D eigenvalue weighted by Crippen LogP contribution is -2.13. The Hall–Kier alpha value is -1.88. The largest absolute Gasteiger partial charge is 0.322 e. The van der Waals surface area contributed by atoms with E-state index in [2.05, 4.69) is 15.3 Å². The molecule has 1 amide bonds. The van der Waals surface area contributed by atoms with E-state index >= 15 is 0 Å². The quantitative estimate of drug-likeness (QED) is 0.680. The number of anilines is 1. The zero-order valence-electron chi connectivity index (χ0n) is 10.2. The zero-order chi connectivity index (χ0) is 13.0. The molecule has 5 heteroatoms. The number of aryl methyl sites for hydroxylation is 1. The van der Waals surface area contributed by atoms with Crippen LogP contribution in [0.1, 0.15) is 15.9 Å². The van der Waals surface area contributed by atoms with E-state index < -0.39 is 0 Å². The van der Waals surface area contributed by atoms with Gasteiger partial charge >= 0.3 is 0 Å². The summed E-state index contributed by atoms with van der Waals surface area (Å²) in [5.41, 5.74) is 2.28. The summed E-state index contributed by atoms with van der Waals surface area (Å²) in [6, 6.07) is 7.63. The predicted molar refractivity (Wildman–Crippen MR) is 72.9 cm³/mol. The maximum Gasteiger partial charge on any atom is 0.258 e. The fourth-order valence-electron chi connectivity index (χ4n) is 1.45. The molecule has 0 saturated heterocycles. The minimum absolute atomic E-state index is 0.197. The number of nitrogens with one attached hydrogen (secondary N) is 1. The summed E-state index contributed by atoms with van der Waals surface area (Å²) in [6.07, 6.45) is 4.96. The van der Waals surface area contributed by atoms with E-state index in [0.29, 0.717) is 10.7 Å². The minimum Gasteiger partial charge on any atom is -0.322 e. The number of nitrogens with zero attached hydrogens (tertiary/aromatic N) is 2. The second-order valence-corrected chi connectivity index (χ2v) is 4.50. The Balaban J connectivity index is 2.14. The number of para-hydroxylation sites is 1. The van der Waals surface area contributed by atoms with Crippen LogP contribution < -0.4 is 5.32 Å². The number of carbonyl (C=O) groups is 1. The van der Waals surface area contributed by atoms with Gasteiger partial charge in [-0.05, 0) is 24.8 Å². The van der Waals surface area contributed by atoms with Crippen LogP contribution in [0, 0.1) is 6.92 Å². The van der Waals surface area contributed by atoms with Crippen molar-refractivity contribution in [2.24, 2.45) is 0 Å². The van der Waals surface area contributed by atoms with Gasteiger partial charge in [-0.2, -0.15) is 0 Å². The van der Waals surface area contributed by atoms with Gasteiger partial charge in [0, 0.05) is 18.1 Å². The Morgan fingerprint density at radius 2 is 1.89 bits per heavy atom. The Morgan fingerprint density at radius 1 is 1.22 bits per heavy atom. The highest BCUT2D eigenvalue weighted by atomic mass is 32.2. The van der Waals surface area contributed by atoms with Gasteiger partial charge in [0.1, 0.15) is 0 Å². The molecule has 0 fully saturated rings. The molecule has 2 rings (SSSR count). The number of rotatable bonds is 3. The van der Waals surface area contributed by atoms with Crippen molar-refractivity contribution in [2.45, 2.75) is 12.1 Å². The normalized spacial score (nSPS) is 10.1. The van der Waals surface area contributed by atoms with E-state index in [1.807, 2.05) is 37.4 Å². The molecule has 0 unspecified atom stereocenters. The Morgan fingerprint density at radius 3 is 2.50 bits per heavy atom. The molecule has 0 spiro atoms. The highest BCUT2D eigenvalue weighted by Crippen LogP contribution is 2.14. The molecule has 1 heterocycles. The summed E-state index contributed by atoms with van der Waals surface area (Å²) < 4.78 is 0. The number of carbonyl (C=O) groups excluding carboxylic acids is 1. The van der Waals surface area contributed by atoms with Crippen molar-refractivity contribution in [3.63, 3.8) is 0 Å². The molecule has 0 saturated carbocycles. The van der Waals surface area contributed by atoms with Crippen LogP contribution in [0.2, 0.25) is 0 Å². The van der Waals surface area contributed by atoms with Crippen LogP contribution in [0.5, 0.6) is 0 Å². The van der Waals surface area contributed by atoms with Gasteiger partial charge in [0.05, 0.1) is 5.56 Å². The van der Waals surface area contributed by atoms with Gasteiger partial charge in [-0.25, -0.2) is 9.97 Å². The third-order valence-corrected chi connectivity index (χ3v) is 3.04. The number of thioether (sulfide) groups is 1. The Kier molecular flexibility index (Phi) is 3.94. The molecule has 0 atom stereocenters. The summed E-state index contributed by atoms with van der Waals surface area (Å²) in [7, 11) is 0. The number of amides is 1. The molecule has 0 aliphatic rings. The summed E-state index contributed by atoms with van der Waals surface area (Å²) >= 11 is 1.44. The number of hydrogen-bond acceptors (Lipinski definition) is 4. The van der Waals surface area contributed by atoms with Crippen LogP contribution in [-0.2, 0) is 0 Å². The molecule has 1 aromatic heterocycles. The fraction of sp³-hybridized carbons (Fsp3) is 0.154. The lowest BCUT2D eigenvalue weighted by atomic mass is 10.2. The van der Waals surface area contributed by atoms with Crippen molar-refractivity contribution >= 4 is 23.4 Å². The van der Waals surface area contributed by atoms with E-state index in [0.717, 1.165) is 11.3 Å². The van der Waals surface area contributed by atoms with E-state index in [4.69, 9.17) is 0 Å². The molecular weight excluding hydrogens is 246 g/mol. The van der Waals surface area contributed by atoms with Crippen molar-refractivity contribution < 1.29 is 4.79 Å². The van der Waals surface area contributed by atoms with Crippen molar-refractivity contribution in [3.8, 4) is 0 Å². The van der Waals surface area contributed by atoms with Gasteiger partial charge in [0.2, 0.25) is 0 Å². The first-order chi connectivity index (χ1) is 8.70. The second-order valence-electron chi connectivity index (χ2n) is 3.73. The highest BCUT2D eigenvalue weighted by molar-refractivity contribution is 7.98. The summed E-state index contributed by atoms with van der Waals surface area (Å²) in [6.45, 7) is 1.95. The molecule has 92 valence electrons. The maximum absolute atomic E-state index is 12.0. The number of benzene rings is 1. The zero-order valence-corrected chi connectivity index (χ0v) is 11.0. The topological polar surface area (TPSA) is 54.9 Å². The molecule has 0 bridgehead atoms. The Bertz CT molecular complexity index is 554. The van der Waals surface area contributed by atoms with Crippen LogP contribution in [0.15, 0.2) is 41.8 Å². The van der Waals surface area contributed by atoms with Crippen LogP contribution in [-0.4, -0.2) is 22.1 Å². The smallest absolute Gasteiger partial charge is 0.258 e. The molecule has 0 aliphatic carbocycles. The van der Waals surface area contributed by atoms with Crippen LogP contribution in [0.25, 0.3) is 0 Å². The Labute approximate surface area is 110 Å². The molecule has 2 aromatic rings. The first-order valence-electron chi connectivity index (χ1n) is 5.43. The summed E-state index contributed by atoms with van der Waals surface area (Å²) in [5, 5.41) is 3.49. The molecule has 0 aliphatic heterocycles. The summed E-state index contributed by atoms with van der Waals surface area (Å²) in [4.78, 5) is 20.1. The number of hydrogen-bond donors (Lipinski definition) is 1. The molecule has 1 aromatic carbocycles. The first-order valence-corrected chi connectivity index (χ1v) is 6.66. The van der Waals surface area contributed by atoms with Gasteiger partial charge in [0.15, 0.2) is 5.16 Å². The van der Waals surface area contributed by atoms with Gasteiger partial charge in [-0.15, -0.1) is 0 Å². The average Bonchev–Trinajstić information content (AvgIpc) is 2.41. The molecule has 18 heavy (non-hydrogen) atoms. The monoisotopic (exact) mass is 259 g/mol. The lowest BCUT2D eigenvalue weighted by Gasteiger charge is -2.07. The minimum atomic E-state index is -0.197. The van der Waals surface area contributed by atoms with Gasteiger partial charge in [0.25, 0.3) is 5.91 Å². The average molecular weight is 259 g/mol. The van der Waals surface area contributed by atoms with E-state index in [9.17, 15) is 4.79 Å². The van der Waals surface area contributed by atoms with Crippen LogP contribution in [0.4, 0.5) is 5.69 Å². The molecule has 1 N–H and O–H groups in total. The highest BCUT2D eigenvalue weighted by Gasteiger charge is 2.08. The molecular formula is C13H13N3OS. The summed E-state index contributed by atoms with van der Waals surface area (Å²) in [5.74, 6) is -0.197. The standard InChI is InChI=1S/C13H13N3OS/c1-9-5-3-4-6-11(9)16-12(17)10-7-14-13(18-2)15-8-10/h3-8H,1-2H3,(H,16,17). The third-order valence-electron chi connectivity index (χ3n) is 2.47. The van der Waals surface area contributed by atoms with Gasteiger partial charge < -0.3 is 5.32 Å². The van der Waals surface area contributed by atoms with Gasteiger partial charge in [-0.1, -0.05) is 30.0 Å². The van der Waals surface area contributed by atoms with E-state index in [-0.39, 0.29) is 5.91 Å². The fourth-order valence-corrected chi connectivity index (χ4v) is 1.76.